The molecule has 0 saturated carbocycles. The van der Waals surface area contributed by atoms with Crippen molar-refractivity contribution < 1.29 is 92.9 Å². The smallest absolute Gasteiger partial charge is 0.329 e. The van der Waals surface area contributed by atoms with Crippen LogP contribution < -0.4 is 26.6 Å². The van der Waals surface area contributed by atoms with E-state index in [1.165, 1.54) is 0 Å². The topological polar surface area (TPSA) is 396 Å². The van der Waals surface area contributed by atoms with Gasteiger partial charge in [-0.2, -0.15) is 0 Å². The fourth-order valence-electron chi connectivity index (χ4n) is 13.5. The summed E-state index contributed by atoms with van der Waals surface area (Å²) in [6, 6.07) is 35.2. The van der Waals surface area contributed by atoms with Crippen molar-refractivity contribution in [3.05, 3.63) is 172 Å². The van der Waals surface area contributed by atoms with Gasteiger partial charge in [-0.15, -0.1) is 0 Å². The molecule has 5 rings (SSSR count). The van der Waals surface area contributed by atoms with Gasteiger partial charge in [0, 0.05) is 129 Å². The molecule has 24 nitrogen and oxygen atoms in total. The maximum Gasteiger partial charge on any atom is 0.329 e. The minimum atomic E-state index is -1.04. The summed E-state index contributed by atoms with van der Waals surface area (Å²) in [5.74, 6) is -3.48. The number of benzene rings is 5. The van der Waals surface area contributed by atoms with E-state index in [9.17, 15) is 67.7 Å². The summed E-state index contributed by atoms with van der Waals surface area (Å²) in [7, 11) is 0. The van der Waals surface area contributed by atoms with Gasteiger partial charge in [0.15, 0.2) is 0 Å². The summed E-state index contributed by atoms with van der Waals surface area (Å²) in [6.07, 6.45) is 6.63. The summed E-state index contributed by atoms with van der Waals surface area (Å²) < 4.78 is 10.2. The number of aliphatic carboxylic acids is 1. The first kappa shape index (κ1) is 118. The van der Waals surface area contributed by atoms with Crippen molar-refractivity contribution in [2.75, 3.05) is 33.0 Å². The first-order chi connectivity index (χ1) is 59.6. The van der Waals surface area contributed by atoms with Crippen LogP contribution in [-0.2, 0) is 94.4 Å². The van der Waals surface area contributed by atoms with Crippen molar-refractivity contribution in [1.29, 1.82) is 0 Å². The first-order valence-corrected chi connectivity index (χ1v) is 48.0. The van der Waals surface area contributed by atoms with Crippen LogP contribution in [0.4, 0.5) is 0 Å². The number of ether oxygens (including phenoxy) is 1. The number of aliphatic hydroxyl groups excluding tert-OH is 5. The Morgan fingerprint density at radius 3 is 0.819 bits per heavy atom. The van der Waals surface area contributed by atoms with Crippen LogP contribution in [0, 0.1) is 59.2 Å². The fraction of sp³-hybridized carbons (Fsp3) is 0.571. The maximum atomic E-state index is 13.0. The number of rotatable bonds is 51. The molecule has 0 spiro atoms. The zero-order valence-electron chi connectivity index (χ0n) is 77.1. The molecule has 0 fully saturated rings. The molecular weight excluding hydrogens is 1950 g/mol. The van der Waals surface area contributed by atoms with E-state index in [1.807, 2.05) is 204 Å². The molecule has 5 aromatic carbocycles. The SMILES string of the molecule is CC(C)C[C@H](CC(=O)Cc1ccc(Br)cc1)C(=O)NC(CO)CO.CC(C)C[C@H](CC(=O)Cc1ccc(Br)cc1)C(=O)NCC(O)CO.CC(C)C[C@H](CC(=O)Cc1ccc(Br)cc1)C(=O)N[C@H](C)CO.CCC[C@H](NC(=O)[C@@H](CC(=O)Cc1ccc(Br)cc1)CC(C)C)C(=O)O.CCC[C@H](NC(=O)[C@@H](CC(=O)Cc1ccc(Br)cc1)CC(C)C)C(=O)OC(C)(C)C. The van der Waals surface area contributed by atoms with Crippen molar-refractivity contribution in [2.24, 2.45) is 59.2 Å². The highest BCUT2D eigenvalue weighted by atomic mass is 79.9. The number of halogens is 5. The second kappa shape index (κ2) is 64.7. The number of hydrogen-bond acceptors (Lipinski definition) is 18. The van der Waals surface area contributed by atoms with Gasteiger partial charge in [0.25, 0.3) is 0 Å². The van der Waals surface area contributed by atoms with Gasteiger partial charge >= 0.3 is 11.9 Å². The lowest BCUT2D eigenvalue weighted by Crippen LogP contribution is -2.46. The van der Waals surface area contributed by atoms with Gasteiger partial charge in [-0.3, -0.25) is 47.9 Å². The Morgan fingerprint density at radius 1 is 0.346 bits per heavy atom. The maximum absolute atomic E-state index is 13.0. The van der Waals surface area contributed by atoms with Gasteiger partial charge in [0.1, 0.15) is 46.6 Å². The Hall–Kier alpha value is -7.06. The van der Waals surface area contributed by atoms with E-state index in [4.69, 9.17) is 25.2 Å². The number of ketones is 5. The Kier molecular flexibility index (Phi) is 60.1. The molecule has 5 amide bonds. The molecule has 9 atom stereocenters. The number of aliphatic hydroxyl groups is 5. The van der Waals surface area contributed by atoms with Crippen LogP contribution in [-0.4, -0.2) is 170 Å². The summed E-state index contributed by atoms with van der Waals surface area (Å²) in [6.45, 7) is 29.9. The number of carboxylic acids is 1. The van der Waals surface area contributed by atoms with Crippen molar-refractivity contribution in [3.63, 3.8) is 0 Å². The van der Waals surface area contributed by atoms with E-state index in [0.717, 1.165) is 56.6 Å². The third-order valence-electron chi connectivity index (χ3n) is 19.5. The zero-order valence-corrected chi connectivity index (χ0v) is 85.0. The molecule has 0 heterocycles. The number of amides is 5. The summed E-state index contributed by atoms with van der Waals surface area (Å²) >= 11 is 16.8. The molecule has 0 aliphatic heterocycles. The second-order valence-corrected chi connectivity index (χ2v) is 40.3. The van der Waals surface area contributed by atoms with Crippen LogP contribution in [0.3, 0.4) is 0 Å². The summed E-state index contributed by atoms with van der Waals surface area (Å²) in [5, 5.41) is 68.0. The van der Waals surface area contributed by atoms with Gasteiger partial charge < -0.3 is 62.0 Å². The molecule has 29 heteroatoms. The molecule has 0 aliphatic carbocycles. The van der Waals surface area contributed by atoms with E-state index < -0.39 is 72.0 Å². The Balaban J connectivity index is 0.000000796. The standard InChI is InChI=1S/C24H36BrNO4.C20H28BrNO4.2C18H26BrNO4.C18H26BrNO3/c1-7-8-21(23(29)30-24(4,5)6)26-22(28)18(13-16(2)3)15-20(27)14-17-9-11-19(25)12-10-17;1-4-5-18(20(25)26)22-19(24)15(10-13(2)3)12-17(23)11-14-6-8-16(21)9-7-14;1-12(2)7-14(18(24)20-16(10-21)11-22)9-17(23)8-13-3-5-15(19)6-4-13;1-12(2)7-14(18(24)20-10-17(23)11-21)9-16(22)8-13-3-5-15(19)6-4-13;1-12(2)8-15(18(23)20-13(3)11-21)10-17(22)9-14-4-6-16(19)7-5-14/h9-12,16,18,21H,7-8,13-15H2,1-6H3,(H,26,28);6-9,13,15,18H,4-5,10-12H2,1-3H3,(H,22,24)(H,25,26);3-6,12,14,16,21-22H,7-11H2,1-2H3,(H,20,24);3-6,12,14,17,21,23H,7-11H2,1-2H3,(H,20,24);4-7,12-13,15,21H,8-11H2,1-3H3,(H,20,23)/t18-,21+;15-,18+;14-;14-,17?;13-,15-/m11111/s1. The fourth-order valence-corrected chi connectivity index (χ4v) is 14.8. The molecule has 11 N–H and O–H groups in total. The summed E-state index contributed by atoms with van der Waals surface area (Å²) in [5.41, 5.74) is 3.98. The quantitative estimate of drug-likeness (QED) is 0.0161. The molecule has 0 aromatic heterocycles. The third-order valence-corrected chi connectivity index (χ3v) is 22.2. The normalized spacial score (nSPS) is 13.3. The van der Waals surface area contributed by atoms with Gasteiger partial charge in [-0.05, 0) is 191 Å². The molecule has 708 valence electrons. The van der Waals surface area contributed by atoms with Crippen LogP contribution >= 0.6 is 79.6 Å². The highest BCUT2D eigenvalue weighted by molar-refractivity contribution is 9.11. The molecule has 5 aromatic rings. The van der Waals surface area contributed by atoms with E-state index >= 15 is 0 Å². The molecule has 0 saturated heterocycles. The van der Waals surface area contributed by atoms with E-state index in [-0.39, 0.29) is 159 Å². The van der Waals surface area contributed by atoms with Gasteiger partial charge in [-0.1, -0.05) is 236 Å². The zero-order chi connectivity index (χ0) is 96.2. The average molecular weight is 2090 g/mol. The average Bonchev–Trinajstić information content (AvgIpc) is 0.876. The molecule has 1 unspecified atom stereocenters. The molecule has 0 radical (unpaired) electrons. The highest BCUT2D eigenvalue weighted by Crippen LogP contribution is 2.26. The van der Waals surface area contributed by atoms with Crippen molar-refractivity contribution in [2.45, 2.75) is 269 Å². The molecule has 0 bridgehead atoms. The van der Waals surface area contributed by atoms with Crippen LogP contribution in [0.2, 0.25) is 0 Å². The highest BCUT2D eigenvalue weighted by Gasteiger charge is 2.33. The molecular formula is C98H142Br5N5O19. The molecule has 127 heavy (non-hydrogen) atoms. The Morgan fingerprint density at radius 2 is 0.591 bits per heavy atom. The van der Waals surface area contributed by atoms with E-state index in [2.05, 4.69) is 106 Å². The number of carbonyl (C=O) groups is 12. The third kappa shape index (κ3) is 55.7. The monoisotopic (exact) mass is 2090 g/mol. The number of Topliss-reactive ketones (excluding diaryl/α,β-unsaturated/α-hetero) is 5. The number of esters is 1. The lowest BCUT2D eigenvalue weighted by molar-refractivity contribution is -0.159. The van der Waals surface area contributed by atoms with Crippen LogP contribution in [0.1, 0.15) is 228 Å². The predicted octanol–water partition coefficient (Wildman–Crippen LogP) is 16.5. The number of hydrogen-bond donors (Lipinski definition) is 11. The molecule has 0 aliphatic rings. The van der Waals surface area contributed by atoms with Crippen LogP contribution in [0.25, 0.3) is 0 Å². The minimum Gasteiger partial charge on any atom is -0.480 e. The lowest BCUT2D eigenvalue weighted by atomic mass is 9.89. The van der Waals surface area contributed by atoms with Crippen molar-refractivity contribution in [1.82, 2.24) is 26.6 Å². The summed E-state index contributed by atoms with van der Waals surface area (Å²) in [4.78, 5) is 148. The van der Waals surface area contributed by atoms with E-state index in [0.29, 0.717) is 83.0 Å². The first-order valence-electron chi connectivity index (χ1n) is 44.0. The van der Waals surface area contributed by atoms with Gasteiger partial charge in [0.2, 0.25) is 29.5 Å². The van der Waals surface area contributed by atoms with Crippen molar-refractivity contribution in [3.8, 4) is 0 Å². The number of carboxylic acid groups (broad SMARTS) is 1. The van der Waals surface area contributed by atoms with Gasteiger partial charge in [0.05, 0.1) is 38.6 Å². The second-order valence-electron chi connectivity index (χ2n) is 35.7. The number of carbonyl (C=O) groups excluding carboxylic acids is 11. The van der Waals surface area contributed by atoms with E-state index in [1.54, 1.807) is 27.7 Å². The lowest BCUT2D eigenvalue weighted by Gasteiger charge is -2.26. The van der Waals surface area contributed by atoms with Crippen LogP contribution in [0.15, 0.2) is 144 Å². The van der Waals surface area contributed by atoms with Crippen molar-refractivity contribution >= 4 is 150 Å². The van der Waals surface area contributed by atoms with Crippen LogP contribution in [0.5, 0.6) is 0 Å². The largest absolute Gasteiger partial charge is 0.480 e. The van der Waals surface area contributed by atoms with Gasteiger partial charge in [-0.25, -0.2) is 9.59 Å². The Bertz CT molecular complexity index is 4100. The number of nitrogens with one attached hydrogen (secondary N) is 5. The Labute approximate surface area is 795 Å². The minimum absolute atomic E-state index is 0.00247. The predicted molar refractivity (Wildman–Crippen MR) is 516 cm³/mol.